The summed E-state index contributed by atoms with van der Waals surface area (Å²) < 4.78 is 0. The summed E-state index contributed by atoms with van der Waals surface area (Å²) in [7, 11) is 0. The zero-order chi connectivity index (χ0) is 9.59. The van der Waals surface area contributed by atoms with Gasteiger partial charge in [0.2, 0.25) is 0 Å². The molecule has 0 aromatic rings. The number of hydrogen-bond donors (Lipinski definition) is 2. The Kier molecular flexibility index (Phi) is 2.33. The van der Waals surface area contributed by atoms with Gasteiger partial charge in [-0.25, -0.2) is 4.99 Å². The van der Waals surface area contributed by atoms with Crippen LogP contribution in [-0.4, -0.2) is 22.5 Å². The lowest BCUT2D eigenvalue weighted by Crippen LogP contribution is -2.23. The highest BCUT2D eigenvalue weighted by molar-refractivity contribution is 8.11. The van der Waals surface area contributed by atoms with Crippen molar-refractivity contribution in [1.82, 2.24) is 0 Å². The number of nitrogens with two attached hydrogens (primary N) is 2. The van der Waals surface area contributed by atoms with Gasteiger partial charge in [0.1, 0.15) is 12.0 Å². The Morgan fingerprint density at radius 1 is 1.23 bits per heavy atom. The normalized spacial score (nSPS) is 39.0. The summed E-state index contributed by atoms with van der Waals surface area (Å²) in [6.45, 7) is 4.43. The SMILES string of the molecule is CC1SC2=C(SC1C)C(N)N=C2N. The van der Waals surface area contributed by atoms with E-state index in [-0.39, 0.29) is 6.17 Å². The number of rotatable bonds is 0. The Bertz CT molecular complexity index is 298. The van der Waals surface area contributed by atoms with Gasteiger partial charge in [-0.1, -0.05) is 13.8 Å². The maximum Gasteiger partial charge on any atom is 0.135 e. The maximum absolute atomic E-state index is 5.83. The van der Waals surface area contributed by atoms with Crippen LogP contribution in [0.25, 0.3) is 0 Å². The second-order valence-electron chi connectivity index (χ2n) is 3.30. The van der Waals surface area contributed by atoms with Gasteiger partial charge in [-0.2, -0.15) is 0 Å². The molecule has 0 saturated carbocycles. The lowest BCUT2D eigenvalue weighted by Gasteiger charge is -2.26. The summed E-state index contributed by atoms with van der Waals surface area (Å²) in [5.41, 5.74) is 11.6. The summed E-state index contributed by atoms with van der Waals surface area (Å²) in [5.74, 6) is 0.624. The predicted octanol–water partition coefficient (Wildman–Crippen LogP) is 1.11. The molecule has 3 atom stereocenters. The number of hydrogen-bond acceptors (Lipinski definition) is 5. The molecule has 0 aromatic heterocycles. The van der Waals surface area contributed by atoms with Crippen molar-refractivity contribution < 1.29 is 0 Å². The van der Waals surface area contributed by atoms with Gasteiger partial charge in [0.25, 0.3) is 0 Å². The van der Waals surface area contributed by atoms with E-state index in [2.05, 4.69) is 18.8 Å². The molecule has 0 amide bonds. The van der Waals surface area contributed by atoms with E-state index in [4.69, 9.17) is 11.5 Å². The third kappa shape index (κ3) is 1.49. The van der Waals surface area contributed by atoms with Crippen LogP contribution in [0.2, 0.25) is 0 Å². The number of thioether (sulfide) groups is 2. The summed E-state index contributed by atoms with van der Waals surface area (Å²) in [5, 5.41) is 1.18. The third-order valence-electron chi connectivity index (χ3n) is 2.28. The molecule has 0 bridgehead atoms. The standard InChI is InChI=1S/C8H13N3S2/c1-3-4(2)13-6-5(12-3)7(9)11-8(6)10/h3-4,7H,9H2,1-2H3,(H2,10,11). The summed E-state index contributed by atoms with van der Waals surface area (Å²) in [4.78, 5) is 6.43. The topological polar surface area (TPSA) is 64.4 Å². The van der Waals surface area contributed by atoms with Crippen molar-refractivity contribution in [3.63, 3.8) is 0 Å². The first-order chi connectivity index (χ1) is 6.09. The Morgan fingerprint density at radius 2 is 1.85 bits per heavy atom. The highest BCUT2D eigenvalue weighted by Gasteiger charge is 2.33. The fourth-order valence-corrected chi connectivity index (χ4v) is 3.94. The fourth-order valence-electron chi connectivity index (χ4n) is 1.35. The fraction of sp³-hybridized carbons (Fsp3) is 0.625. The highest BCUT2D eigenvalue weighted by atomic mass is 32.2. The van der Waals surface area contributed by atoms with Crippen molar-refractivity contribution in [3.8, 4) is 0 Å². The molecule has 2 rings (SSSR count). The van der Waals surface area contributed by atoms with Crippen LogP contribution in [0.3, 0.4) is 0 Å². The second kappa shape index (κ2) is 3.22. The van der Waals surface area contributed by atoms with Gasteiger partial charge in [-0.15, -0.1) is 23.5 Å². The first-order valence-electron chi connectivity index (χ1n) is 4.26. The average molecular weight is 215 g/mol. The Labute approximate surface area is 86.4 Å². The number of nitrogens with zero attached hydrogens (tertiary/aromatic N) is 1. The molecular formula is C8H13N3S2. The van der Waals surface area contributed by atoms with E-state index < -0.39 is 0 Å². The van der Waals surface area contributed by atoms with Crippen LogP contribution in [0.4, 0.5) is 0 Å². The molecule has 0 spiro atoms. The van der Waals surface area contributed by atoms with E-state index in [1.54, 1.807) is 11.8 Å². The molecule has 5 heteroatoms. The van der Waals surface area contributed by atoms with Gasteiger partial charge in [-0.3, -0.25) is 0 Å². The molecular weight excluding hydrogens is 202 g/mol. The summed E-state index contributed by atoms with van der Waals surface area (Å²) in [6, 6.07) is 0. The molecule has 4 N–H and O–H groups in total. The molecule has 2 heterocycles. The van der Waals surface area contributed by atoms with Crippen molar-refractivity contribution in [3.05, 3.63) is 9.81 Å². The van der Waals surface area contributed by atoms with Gasteiger partial charge in [-0.05, 0) is 0 Å². The van der Waals surface area contributed by atoms with Crippen LogP contribution in [0, 0.1) is 0 Å². The lowest BCUT2D eigenvalue weighted by atomic mass is 10.4. The smallest absolute Gasteiger partial charge is 0.135 e. The number of aliphatic imine (C=N–C) groups is 1. The minimum atomic E-state index is -0.206. The zero-order valence-corrected chi connectivity index (χ0v) is 9.28. The maximum atomic E-state index is 5.83. The first-order valence-corrected chi connectivity index (χ1v) is 6.02. The van der Waals surface area contributed by atoms with E-state index in [9.17, 15) is 0 Å². The van der Waals surface area contributed by atoms with Gasteiger partial charge < -0.3 is 11.5 Å². The Balaban J connectivity index is 2.30. The lowest BCUT2D eigenvalue weighted by molar-refractivity contribution is 0.868. The molecule has 0 aliphatic carbocycles. The molecule has 0 radical (unpaired) electrons. The van der Waals surface area contributed by atoms with Crippen molar-refractivity contribution >= 4 is 29.4 Å². The number of amidine groups is 1. The first kappa shape index (κ1) is 9.43. The van der Waals surface area contributed by atoms with Crippen molar-refractivity contribution in [1.29, 1.82) is 0 Å². The second-order valence-corrected chi connectivity index (χ2v) is 6.11. The molecule has 2 aliphatic heterocycles. The van der Waals surface area contributed by atoms with E-state index in [0.717, 1.165) is 9.81 Å². The van der Waals surface area contributed by atoms with Crippen molar-refractivity contribution in [2.75, 3.05) is 0 Å². The van der Waals surface area contributed by atoms with Crippen LogP contribution in [-0.2, 0) is 0 Å². The van der Waals surface area contributed by atoms with Gasteiger partial charge in [0, 0.05) is 15.4 Å². The minimum absolute atomic E-state index is 0.206. The Hall–Kier alpha value is -0.130. The molecule has 0 aromatic carbocycles. The molecule has 3 unspecified atom stereocenters. The van der Waals surface area contributed by atoms with Gasteiger partial charge >= 0.3 is 0 Å². The van der Waals surface area contributed by atoms with Crippen LogP contribution < -0.4 is 11.5 Å². The molecule has 3 nitrogen and oxygen atoms in total. The van der Waals surface area contributed by atoms with Crippen molar-refractivity contribution in [2.45, 2.75) is 30.5 Å². The van der Waals surface area contributed by atoms with E-state index in [1.807, 2.05) is 11.8 Å². The van der Waals surface area contributed by atoms with E-state index >= 15 is 0 Å². The predicted molar refractivity (Wildman–Crippen MR) is 60.7 cm³/mol. The molecule has 72 valence electrons. The largest absolute Gasteiger partial charge is 0.383 e. The minimum Gasteiger partial charge on any atom is -0.383 e. The molecule has 0 saturated heterocycles. The molecule has 0 fully saturated rings. The van der Waals surface area contributed by atoms with Gasteiger partial charge in [0.05, 0.1) is 4.91 Å². The quantitative estimate of drug-likeness (QED) is 0.635. The summed E-state index contributed by atoms with van der Waals surface area (Å²) in [6.07, 6.45) is -0.206. The zero-order valence-electron chi connectivity index (χ0n) is 7.65. The molecule has 13 heavy (non-hydrogen) atoms. The van der Waals surface area contributed by atoms with E-state index in [0.29, 0.717) is 16.3 Å². The molecule has 2 aliphatic rings. The van der Waals surface area contributed by atoms with Crippen LogP contribution in [0.15, 0.2) is 14.8 Å². The van der Waals surface area contributed by atoms with Gasteiger partial charge in [0.15, 0.2) is 0 Å². The van der Waals surface area contributed by atoms with Crippen molar-refractivity contribution in [2.24, 2.45) is 16.5 Å². The third-order valence-corrected chi connectivity index (χ3v) is 5.51. The van der Waals surface area contributed by atoms with Crippen LogP contribution in [0.1, 0.15) is 13.8 Å². The van der Waals surface area contributed by atoms with E-state index in [1.165, 1.54) is 0 Å². The Morgan fingerprint density at radius 3 is 2.54 bits per heavy atom. The van der Waals surface area contributed by atoms with Crippen LogP contribution in [0.5, 0.6) is 0 Å². The summed E-state index contributed by atoms with van der Waals surface area (Å²) >= 11 is 3.62. The van der Waals surface area contributed by atoms with Crippen LogP contribution >= 0.6 is 23.5 Å². The monoisotopic (exact) mass is 215 g/mol. The highest BCUT2D eigenvalue weighted by Crippen LogP contribution is 2.46. The average Bonchev–Trinajstić information content (AvgIpc) is 2.31.